The molecular formula is C38H40Cl3N3O3. The topological polar surface area (TPSA) is 53.1 Å². The van der Waals surface area contributed by atoms with Crippen molar-refractivity contribution in [3.8, 4) is 16.9 Å². The highest BCUT2D eigenvalue weighted by Crippen LogP contribution is 2.48. The van der Waals surface area contributed by atoms with Gasteiger partial charge >= 0.3 is 6.03 Å². The van der Waals surface area contributed by atoms with Crippen molar-refractivity contribution in [3.63, 3.8) is 0 Å². The molecule has 1 saturated heterocycles. The normalized spacial score (nSPS) is 16.3. The van der Waals surface area contributed by atoms with E-state index in [1.54, 1.807) is 35.1 Å². The number of para-hydroxylation sites is 1. The first-order valence-corrected chi connectivity index (χ1v) is 17.3. The number of fused-ring (bicyclic) bond motifs is 1. The lowest BCUT2D eigenvalue weighted by molar-refractivity contribution is -0.130. The Balaban J connectivity index is 0.00000213. The zero-order valence-electron chi connectivity index (χ0n) is 27.2. The Hall–Kier alpha value is -3.71. The van der Waals surface area contributed by atoms with Gasteiger partial charge in [0.25, 0.3) is 0 Å². The molecule has 3 amide bonds. The minimum absolute atomic E-state index is 0.119. The van der Waals surface area contributed by atoms with Crippen molar-refractivity contribution in [2.45, 2.75) is 59.0 Å². The maximum absolute atomic E-state index is 14.5. The fourth-order valence-electron chi connectivity index (χ4n) is 6.40. The summed E-state index contributed by atoms with van der Waals surface area (Å²) in [5, 5.41) is 1.36. The number of ether oxygens (including phenoxy) is 1. The van der Waals surface area contributed by atoms with E-state index in [0.29, 0.717) is 53.4 Å². The molecule has 4 aromatic rings. The first-order valence-electron chi connectivity index (χ1n) is 16.1. The molecule has 2 heterocycles. The summed E-state index contributed by atoms with van der Waals surface area (Å²) in [5.74, 6) is 1.04. The summed E-state index contributed by atoms with van der Waals surface area (Å²) < 4.78 is 5.34. The molecule has 0 bridgehead atoms. The number of anilines is 2. The van der Waals surface area contributed by atoms with Crippen molar-refractivity contribution in [1.82, 2.24) is 9.80 Å². The summed E-state index contributed by atoms with van der Waals surface area (Å²) in [6.45, 7) is 8.11. The minimum atomic E-state index is -0.233. The molecule has 0 saturated carbocycles. The number of carbonyl (C=O) groups excluding carboxylic acids is 2. The van der Waals surface area contributed by atoms with Crippen molar-refractivity contribution >= 4 is 58.1 Å². The van der Waals surface area contributed by atoms with E-state index in [0.717, 1.165) is 52.1 Å². The van der Waals surface area contributed by atoms with Gasteiger partial charge in [0.05, 0.1) is 35.1 Å². The van der Waals surface area contributed by atoms with Crippen LogP contribution in [-0.4, -0.2) is 41.9 Å². The molecule has 9 heteroatoms. The van der Waals surface area contributed by atoms with Crippen LogP contribution in [0.1, 0.15) is 62.6 Å². The molecule has 0 radical (unpaired) electrons. The predicted octanol–water partition coefficient (Wildman–Crippen LogP) is 10.7. The summed E-state index contributed by atoms with van der Waals surface area (Å²) in [4.78, 5) is 32.7. The second kappa shape index (κ2) is 15.5. The van der Waals surface area contributed by atoms with E-state index in [1.807, 2.05) is 74.2 Å². The fourth-order valence-corrected chi connectivity index (χ4v) is 7.20. The lowest BCUT2D eigenvalue weighted by Crippen LogP contribution is -2.44. The second-order valence-corrected chi connectivity index (χ2v) is 12.7. The standard InChI is InChI=1S/C36H34Cl3N3O3.C2H6/c1-3-40-18-17-24(13-16-34(40)43)25-19-28(27-7-4-5-8-30(27)37)29-22-41(21-23-11-14-26(45-2)15-12-23)36(44)42(33(29)20-25)35-31(38)9-6-10-32(35)39;1-2/h4-12,14-15,19-20,24H,3,13,16-18,21-22H2,1-2H3;1-2H3. The molecule has 4 aromatic carbocycles. The number of rotatable bonds is 7. The number of amides is 3. The van der Waals surface area contributed by atoms with Gasteiger partial charge < -0.3 is 14.5 Å². The number of benzene rings is 4. The first kappa shape index (κ1) is 34.6. The third-order valence-corrected chi connectivity index (χ3v) is 9.76. The van der Waals surface area contributed by atoms with E-state index >= 15 is 0 Å². The molecule has 0 N–H and O–H groups in total. The van der Waals surface area contributed by atoms with E-state index in [-0.39, 0.29) is 17.9 Å². The smallest absolute Gasteiger partial charge is 0.329 e. The number of carbonyl (C=O) groups is 2. The van der Waals surface area contributed by atoms with Gasteiger partial charge in [-0.15, -0.1) is 0 Å². The van der Waals surface area contributed by atoms with E-state index in [9.17, 15) is 9.59 Å². The lowest BCUT2D eigenvalue weighted by Gasteiger charge is -2.39. The number of hydrogen-bond donors (Lipinski definition) is 0. The van der Waals surface area contributed by atoms with Gasteiger partial charge in [-0.1, -0.05) is 91.1 Å². The molecule has 1 unspecified atom stereocenters. The molecule has 0 spiro atoms. The van der Waals surface area contributed by atoms with E-state index in [4.69, 9.17) is 39.5 Å². The molecular weight excluding hydrogens is 653 g/mol. The lowest BCUT2D eigenvalue weighted by atomic mass is 9.86. The average molecular weight is 693 g/mol. The van der Waals surface area contributed by atoms with E-state index in [1.165, 1.54) is 0 Å². The Kier molecular flexibility index (Phi) is 11.4. The largest absolute Gasteiger partial charge is 0.497 e. The second-order valence-electron chi connectivity index (χ2n) is 11.4. The Labute approximate surface area is 292 Å². The Morgan fingerprint density at radius 2 is 1.49 bits per heavy atom. The van der Waals surface area contributed by atoms with E-state index < -0.39 is 0 Å². The van der Waals surface area contributed by atoms with Crippen LogP contribution in [0.25, 0.3) is 11.1 Å². The van der Waals surface area contributed by atoms with Crippen molar-refractivity contribution in [3.05, 3.63) is 111 Å². The highest BCUT2D eigenvalue weighted by molar-refractivity contribution is 6.40. The molecule has 2 aliphatic heterocycles. The van der Waals surface area contributed by atoms with Gasteiger partial charge in [-0.3, -0.25) is 9.69 Å². The van der Waals surface area contributed by atoms with E-state index in [2.05, 4.69) is 12.1 Å². The van der Waals surface area contributed by atoms with Crippen LogP contribution in [0.2, 0.25) is 15.1 Å². The fraction of sp³-hybridized carbons (Fsp3) is 0.316. The first-order chi connectivity index (χ1) is 22.8. The average Bonchev–Trinajstić information content (AvgIpc) is 3.28. The summed E-state index contributed by atoms with van der Waals surface area (Å²) in [7, 11) is 1.63. The SMILES string of the molecule is CC.CCN1CCC(c2cc(-c3ccccc3Cl)c3c(c2)N(c2c(Cl)cccc2Cl)C(=O)N(Cc2ccc(OC)cc2)C3)CCC1=O. The Morgan fingerprint density at radius 3 is 2.15 bits per heavy atom. The Morgan fingerprint density at radius 1 is 0.809 bits per heavy atom. The van der Waals surface area contributed by atoms with Gasteiger partial charge in [-0.05, 0) is 78.8 Å². The number of nitrogens with zero attached hydrogens (tertiary/aromatic N) is 3. The van der Waals surface area contributed by atoms with Crippen LogP contribution in [0.15, 0.2) is 78.9 Å². The van der Waals surface area contributed by atoms with Crippen LogP contribution in [-0.2, 0) is 17.9 Å². The van der Waals surface area contributed by atoms with Gasteiger partial charge in [0, 0.05) is 42.2 Å². The number of likely N-dealkylation sites (tertiary alicyclic amines) is 1. The summed E-state index contributed by atoms with van der Waals surface area (Å²) in [6, 6.07) is 24.8. The third kappa shape index (κ3) is 7.25. The highest BCUT2D eigenvalue weighted by Gasteiger charge is 2.37. The summed E-state index contributed by atoms with van der Waals surface area (Å²) in [6.07, 6.45) is 2.02. The highest BCUT2D eigenvalue weighted by atomic mass is 35.5. The van der Waals surface area contributed by atoms with Crippen molar-refractivity contribution in [2.75, 3.05) is 25.1 Å². The molecule has 1 atom stereocenters. The maximum Gasteiger partial charge on any atom is 0.329 e. The maximum atomic E-state index is 14.5. The van der Waals surface area contributed by atoms with Gasteiger partial charge in [-0.25, -0.2) is 4.79 Å². The van der Waals surface area contributed by atoms with Gasteiger partial charge in [0.15, 0.2) is 0 Å². The predicted molar refractivity (Wildman–Crippen MR) is 193 cm³/mol. The zero-order valence-corrected chi connectivity index (χ0v) is 29.5. The van der Waals surface area contributed by atoms with Crippen LogP contribution in [0.3, 0.4) is 0 Å². The molecule has 1 fully saturated rings. The van der Waals surface area contributed by atoms with Crippen LogP contribution in [0.4, 0.5) is 16.2 Å². The van der Waals surface area contributed by atoms with Crippen molar-refractivity contribution in [1.29, 1.82) is 0 Å². The molecule has 6 rings (SSSR count). The number of halogens is 3. The Bertz CT molecular complexity index is 1720. The monoisotopic (exact) mass is 691 g/mol. The molecule has 0 aliphatic carbocycles. The number of hydrogen-bond acceptors (Lipinski definition) is 3. The van der Waals surface area contributed by atoms with Crippen molar-refractivity contribution < 1.29 is 14.3 Å². The van der Waals surface area contributed by atoms with Gasteiger partial charge in [-0.2, -0.15) is 0 Å². The zero-order chi connectivity index (χ0) is 33.7. The molecule has 0 aromatic heterocycles. The van der Waals surface area contributed by atoms with Crippen molar-refractivity contribution in [2.24, 2.45) is 0 Å². The minimum Gasteiger partial charge on any atom is -0.497 e. The molecule has 47 heavy (non-hydrogen) atoms. The molecule has 2 aliphatic rings. The molecule has 6 nitrogen and oxygen atoms in total. The van der Waals surface area contributed by atoms with Crippen LogP contribution < -0.4 is 9.64 Å². The third-order valence-electron chi connectivity index (χ3n) is 8.82. The number of urea groups is 1. The number of methoxy groups -OCH3 is 1. The summed E-state index contributed by atoms with van der Waals surface area (Å²) >= 11 is 20.5. The van der Waals surface area contributed by atoms with Crippen LogP contribution in [0, 0.1) is 0 Å². The van der Waals surface area contributed by atoms with Gasteiger partial charge in [0.1, 0.15) is 5.75 Å². The van der Waals surface area contributed by atoms with Crippen LogP contribution in [0.5, 0.6) is 5.75 Å². The quantitative estimate of drug-likeness (QED) is 0.194. The summed E-state index contributed by atoms with van der Waals surface area (Å²) in [5.41, 5.74) is 5.92. The van der Waals surface area contributed by atoms with Gasteiger partial charge in [0.2, 0.25) is 5.91 Å². The molecule has 246 valence electrons. The van der Waals surface area contributed by atoms with Crippen LogP contribution >= 0.6 is 34.8 Å².